The summed E-state index contributed by atoms with van der Waals surface area (Å²) in [6.07, 6.45) is 8.67. The predicted octanol–water partition coefficient (Wildman–Crippen LogP) is 5.49. The van der Waals surface area contributed by atoms with Crippen LogP contribution in [0, 0.1) is 0 Å². The van der Waals surface area contributed by atoms with Gasteiger partial charge in [-0.3, -0.25) is 0 Å². The maximum absolute atomic E-state index is 9.58. The van der Waals surface area contributed by atoms with Crippen LogP contribution in [-0.2, 0) is 0 Å². The molecule has 22 heavy (non-hydrogen) atoms. The Morgan fingerprint density at radius 1 is 0.955 bits per heavy atom. The van der Waals surface area contributed by atoms with Crippen LogP contribution in [-0.4, -0.2) is 5.11 Å². The second-order valence-corrected chi connectivity index (χ2v) is 5.42. The second kappa shape index (κ2) is 6.48. The van der Waals surface area contributed by atoms with Crippen molar-refractivity contribution in [2.75, 3.05) is 0 Å². The third kappa shape index (κ3) is 2.89. The number of benzene rings is 2. The zero-order valence-electron chi connectivity index (χ0n) is 12.8. The summed E-state index contributed by atoms with van der Waals surface area (Å²) in [4.78, 5) is 0. The van der Waals surface area contributed by atoms with Crippen LogP contribution in [0.3, 0.4) is 0 Å². The van der Waals surface area contributed by atoms with Gasteiger partial charge in [-0.2, -0.15) is 0 Å². The summed E-state index contributed by atoms with van der Waals surface area (Å²) in [7, 11) is 0. The summed E-state index contributed by atoms with van der Waals surface area (Å²) in [6, 6.07) is 18.0. The highest BCUT2D eigenvalue weighted by atomic mass is 16.3. The van der Waals surface area contributed by atoms with Crippen molar-refractivity contribution in [1.82, 2.24) is 0 Å². The lowest BCUT2D eigenvalue weighted by atomic mass is 9.88. The first-order valence-electron chi connectivity index (χ1n) is 7.74. The van der Waals surface area contributed by atoms with Crippen LogP contribution in [0.15, 0.2) is 84.0 Å². The molecule has 1 N–H and O–H groups in total. The Morgan fingerprint density at radius 3 is 2.23 bits per heavy atom. The third-order valence-electron chi connectivity index (χ3n) is 3.99. The van der Waals surface area contributed by atoms with Gasteiger partial charge in [-0.1, -0.05) is 67.6 Å². The maximum atomic E-state index is 9.58. The van der Waals surface area contributed by atoms with Gasteiger partial charge in [0.15, 0.2) is 0 Å². The van der Waals surface area contributed by atoms with E-state index in [0.717, 1.165) is 18.4 Å². The van der Waals surface area contributed by atoms with E-state index in [-0.39, 0.29) is 0 Å². The van der Waals surface area contributed by atoms with Crippen molar-refractivity contribution in [2.45, 2.75) is 19.8 Å². The van der Waals surface area contributed by atoms with Gasteiger partial charge in [0.2, 0.25) is 0 Å². The van der Waals surface area contributed by atoms with Crippen molar-refractivity contribution in [2.24, 2.45) is 0 Å². The molecule has 110 valence electrons. The first-order chi connectivity index (χ1) is 10.8. The van der Waals surface area contributed by atoms with Gasteiger partial charge < -0.3 is 5.11 Å². The fraction of sp³-hybridized carbons (Fsp3) is 0.143. The van der Waals surface area contributed by atoms with Crippen LogP contribution < -0.4 is 0 Å². The monoisotopic (exact) mass is 288 g/mol. The Hall–Kier alpha value is -2.54. The van der Waals surface area contributed by atoms with Gasteiger partial charge in [0, 0.05) is 0 Å². The van der Waals surface area contributed by atoms with E-state index in [1.807, 2.05) is 18.2 Å². The van der Waals surface area contributed by atoms with Crippen molar-refractivity contribution in [1.29, 1.82) is 0 Å². The van der Waals surface area contributed by atoms with Crippen LogP contribution in [0.2, 0.25) is 0 Å². The fourth-order valence-corrected chi connectivity index (χ4v) is 2.96. The zero-order valence-corrected chi connectivity index (χ0v) is 12.8. The van der Waals surface area contributed by atoms with E-state index in [4.69, 9.17) is 0 Å². The molecule has 0 radical (unpaired) electrons. The molecule has 0 aromatic heterocycles. The van der Waals surface area contributed by atoms with Gasteiger partial charge in [-0.15, -0.1) is 0 Å². The van der Waals surface area contributed by atoms with Gasteiger partial charge in [0.25, 0.3) is 0 Å². The summed E-state index contributed by atoms with van der Waals surface area (Å²) < 4.78 is 0. The molecule has 2 aromatic rings. The number of allylic oxidation sites excluding steroid dienone is 5. The first-order valence-corrected chi connectivity index (χ1v) is 7.74. The molecule has 0 aliphatic heterocycles. The molecule has 0 saturated heterocycles. The van der Waals surface area contributed by atoms with Crippen LogP contribution in [0.5, 0.6) is 5.75 Å². The molecule has 1 aliphatic rings. The Bertz CT molecular complexity index is 731. The van der Waals surface area contributed by atoms with Crippen molar-refractivity contribution in [3.63, 3.8) is 0 Å². The lowest BCUT2D eigenvalue weighted by Gasteiger charge is -2.16. The van der Waals surface area contributed by atoms with E-state index in [2.05, 4.69) is 49.4 Å². The molecule has 1 heteroatoms. The van der Waals surface area contributed by atoms with Crippen LogP contribution in [0.4, 0.5) is 0 Å². The van der Waals surface area contributed by atoms with Crippen LogP contribution in [0.1, 0.15) is 30.9 Å². The van der Waals surface area contributed by atoms with Gasteiger partial charge in [0.1, 0.15) is 5.75 Å². The van der Waals surface area contributed by atoms with Gasteiger partial charge in [0.05, 0.1) is 0 Å². The van der Waals surface area contributed by atoms with Crippen molar-refractivity contribution < 1.29 is 5.11 Å². The van der Waals surface area contributed by atoms with Crippen molar-refractivity contribution in [3.05, 3.63) is 95.1 Å². The average Bonchev–Trinajstić information content (AvgIpc) is 3.08. The maximum Gasteiger partial charge on any atom is 0.115 e. The van der Waals surface area contributed by atoms with Gasteiger partial charge in [-0.25, -0.2) is 0 Å². The molecule has 0 saturated carbocycles. The number of rotatable bonds is 4. The van der Waals surface area contributed by atoms with E-state index >= 15 is 0 Å². The highest BCUT2D eigenvalue weighted by Gasteiger charge is 2.14. The Balaban J connectivity index is 2.22. The largest absolute Gasteiger partial charge is 0.508 e. The normalized spacial score (nSPS) is 14.7. The molecule has 0 atom stereocenters. The average molecular weight is 288 g/mol. The Morgan fingerprint density at radius 2 is 1.64 bits per heavy atom. The summed E-state index contributed by atoms with van der Waals surface area (Å²) in [5.41, 5.74) is 6.27. The highest BCUT2D eigenvalue weighted by molar-refractivity contribution is 5.85. The van der Waals surface area contributed by atoms with Crippen molar-refractivity contribution >= 4 is 5.57 Å². The molecule has 0 fully saturated rings. The van der Waals surface area contributed by atoms with E-state index in [9.17, 15) is 5.11 Å². The van der Waals surface area contributed by atoms with E-state index in [0.29, 0.717) is 5.75 Å². The van der Waals surface area contributed by atoms with E-state index < -0.39 is 0 Å². The van der Waals surface area contributed by atoms with Gasteiger partial charge in [-0.05, 0) is 52.8 Å². The minimum absolute atomic E-state index is 0.300. The molecule has 0 bridgehead atoms. The number of hydrogen-bond acceptors (Lipinski definition) is 1. The quantitative estimate of drug-likeness (QED) is 0.788. The topological polar surface area (TPSA) is 20.2 Å². The smallest absolute Gasteiger partial charge is 0.115 e. The van der Waals surface area contributed by atoms with Crippen LogP contribution >= 0.6 is 0 Å². The lowest BCUT2D eigenvalue weighted by Crippen LogP contribution is -1.96. The Kier molecular flexibility index (Phi) is 4.24. The summed E-state index contributed by atoms with van der Waals surface area (Å²) in [5.74, 6) is 0.300. The minimum atomic E-state index is 0.300. The second-order valence-electron chi connectivity index (χ2n) is 5.42. The number of phenolic OH excluding ortho intramolecular Hbond substituents is 1. The predicted molar refractivity (Wildman–Crippen MR) is 92.7 cm³/mol. The molecule has 2 aromatic carbocycles. The minimum Gasteiger partial charge on any atom is -0.508 e. The highest BCUT2D eigenvalue weighted by Crippen LogP contribution is 2.34. The lowest BCUT2D eigenvalue weighted by molar-refractivity contribution is 0.475. The molecule has 1 nitrogen and oxygen atoms in total. The zero-order chi connectivity index (χ0) is 15.4. The van der Waals surface area contributed by atoms with Gasteiger partial charge >= 0.3 is 0 Å². The fourth-order valence-electron chi connectivity index (χ4n) is 2.96. The number of phenols is 1. The summed E-state index contributed by atoms with van der Waals surface area (Å²) in [5, 5.41) is 9.58. The summed E-state index contributed by atoms with van der Waals surface area (Å²) >= 11 is 0. The van der Waals surface area contributed by atoms with Crippen molar-refractivity contribution in [3.8, 4) is 5.75 Å². The molecule has 1 aliphatic carbocycles. The number of aromatic hydroxyl groups is 1. The van der Waals surface area contributed by atoms with Crippen LogP contribution in [0.25, 0.3) is 5.57 Å². The molecule has 0 spiro atoms. The molecular weight excluding hydrogens is 268 g/mol. The van der Waals surface area contributed by atoms with E-state index in [1.165, 1.54) is 22.3 Å². The molecule has 3 rings (SSSR count). The van der Waals surface area contributed by atoms with E-state index in [1.54, 1.807) is 12.1 Å². The molecular formula is C21H20O. The third-order valence-corrected chi connectivity index (χ3v) is 3.99. The summed E-state index contributed by atoms with van der Waals surface area (Å²) in [6.45, 7) is 2.20. The molecule has 0 heterocycles. The number of hydrogen-bond donors (Lipinski definition) is 1. The molecule has 0 unspecified atom stereocenters. The standard InChI is InChI=1S/C21H20O/c1-2-20(16-8-6-7-9-16)21(17-10-4-3-5-11-17)18-12-14-19(22)15-13-18/h3-6,8-15,22H,2,7H2,1H3/b21-20-. The molecule has 0 amide bonds. The first kappa shape index (κ1) is 14.4. The Labute approximate surface area is 131 Å². The SMILES string of the molecule is CC/C(C1=CCC=C1)=C(\c1ccccc1)c1ccc(O)cc1.